The lowest BCUT2D eigenvalue weighted by atomic mass is 10.1. The van der Waals surface area contributed by atoms with Crippen LogP contribution in [0.3, 0.4) is 0 Å². The first kappa shape index (κ1) is 5.42. The van der Waals surface area contributed by atoms with E-state index in [9.17, 15) is 0 Å². The first-order chi connectivity index (χ1) is 6.22. The fraction of sp³-hybridized carbons (Fsp3) is 0.200. The van der Waals surface area contributed by atoms with Gasteiger partial charge in [0.15, 0.2) is 0 Å². The molecule has 0 heterocycles. The van der Waals surface area contributed by atoms with Gasteiger partial charge in [0.05, 0.1) is 9.85 Å². The molecule has 0 aliphatic carbocycles. The van der Waals surface area contributed by atoms with Gasteiger partial charge in [-0.05, 0) is 24.1 Å². The number of allylic oxidation sites excluding steroid dienone is 1. The molecular formula is C10H12O. The minimum absolute atomic E-state index is 0.143. The molecule has 0 saturated carbocycles. The number of ether oxygens (including phenoxy) is 1. The lowest BCUT2D eigenvalue weighted by molar-refractivity contribution is 0.414. The highest BCUT2D eigenvalue weighted by molar-refractivity contribution is 5.27. The molecule has 0 aliphatic heterocycles. The van der Waals surface area contributed by atoms with Crippen molar-refractivity contribution < 1.29 is 7.48 Å². The van der Waals surface area contributed by atoms with Gasteiger partial charge in [-0.3, -0.25) is 0 Å². The maximum Gasteiger partial charge on any atom is 0.118 e. The van der Waals surface area contributed by atoms with E-state index in [-0.39, 0.29) is 6.53 Å². The molecular weight excluding hydrogens is 136 g/mol. The molecule has 58 valence electrons. The van der Waals surface area contributed by atoms with Gasteiger partial charge < -0.3 is 4.74 Å². The number of benzene rings is 1. The molecule has 0 aromatic heterocycles. The highest BCUT2D eigenvalue weighted by atomic mass is 16.5. The van der Waals surface area contributed by atoms with Gasteiger partial charge in [-0.2, -0.15) is 0 Å². The summed E-state index contributed by atoms with van der Waals surface area (Å²) in [6.45, 7) is -0.143. The molecule has 0 saturated heterocycles. The molecule has 0 bridgehead atoms. The highest BCUT2D eigenvalue weighted by Crippen LogP contribution is 2.11. The van der Waals surface area contributed by atoms with Crippen molar-refractivity contribution in [1.82, 2.24) is 0 Å². The van der Waals surface area contributed by atoms with E-state index in [0.29, 0.717) is 6.42 Å². The molecule has 1 heteroatoms. The van der Waals surface area contributed by atoms with E-state index in [4.69, 9.17) is 7.48 Å². The molecule has 11 heavy (non-hydrogen) atoms. The predicted molar refractivity (Wildman–Crippen MR) is 46.9 cm³/mol. The molecule has 1 rings (SSSR count). The third-order valence-corrected chi connectivity index (χ3v) is 1.50. The molecule has 0 unspecified atom stereocenters. The summed E-state index contributed by atoms with van der Waals surface area (Å²) in [6.07, 6.45) is 2.19. The monoisotopic (exact) mass is 150 g/mol. The number of hydrogen-bond acceptors (Lipinski definition) is 1. The Labute approximate surface area is 70.1 Å². The van der Waals surface area contributed by atoms with Crippen LogP contribution in [0.5, 0.6) is 5.75 Å². The summed E-state index contributed by atoms with van der Waals surface area (Å²) in [6, 6.07) is 7.60. The molecule has 0 amide bonds. The second-order valence-corrected chi connectivity index (χ2v) is 2.26. The standard InChI is InChI=1S/C10H12O/c1-3-4-9-5-7-10(11-2)8-6-9/h3,5-8H,1,4H2,2H3/i1D2. The Kier molecular flexibility index (Phi) is 1.88. The van der Waals surface area contributed by atoms with Gasteiger partial charge in [0.1, 0.15) is 5.75 Å². The largest absolute Gasteiger partial charge is 0.497 e. The average molecular weight is 150 g/mol. The van der Waals surface area contributed by atoms with Crippen molar-refractivity contribution in [2.75, 3.05) is 7.11 Å². The fourth-order valence-electron chi connectivity index (χ4n) is 0.879. The summed E-state index contributed by atoms with van der Waals surface area (Å²) < 4.78 is 18.8. The maximum atomic E-state index is 6.91. The van der Waals surface area contributed by atoms with E-state index in [1.54, 1.807) is 13.2 Å². The van der Waals surface area contributed by atoms with Gasteiger partial charge in [-0.1, -0.05) is 18.2 Å². The van der Waals surface area contributed by atoms with Gasteiger partial charge >= 0.3 is 0 Å². The van der Waals surface area contributed by atoms with E-state index >= 15 is 0 Å². The Bertz CT molecular complexity index is 286. The third-order valence-electron chi connectivity index (χ3n) is 1.50. The lowest BCUT2D eigenvalue weighted by Crippen LogP contribution is -1.83. The van der Waals surface area contributed by atoms with E-state index in [1.165, 1.54) is 0 Å². The molecule has 1 aromatic rings. The maximum absolute atomic E-state index is 6.91. The van der Waals surface area contributed by atoms with Crippen LogP contribution in [0.4, 0.5) is 0 Å². The Balaban J connectivity index is 2.64. The number of rotatable bonds is 3. The summed E-state index contributed by atoms with van der Waals surface area (Å²) in [7, 11) is 1.63. The molecule has 0 N–H and O–H groups in total. The van der Waals surface area contributed by atoms with Crippen LogP contribution >= 0.6 is 0 Å². The molecule has 1 nitrogen and oxygen atoms in total. The van der Waals surface area contributed by atoms with Crippen LogP contribution in [0.25, 0.3) is 0 Å². The highest BCUT2D eigenvalue weighted by Gasteiger charge is 1.90. The van der Waals surface area contributed by atoms with Crippen LogP contribution in [0.1, 0.15) is 8.30 Å². The summed E-state index contributed by atoms with van der Waals surface area (Å²) >= 11 is 0. The van der Waals surface area contributed by atoms with Gasteiger partial charge in [-0.15, -0.1) is 6.53 Å². The van der Waals surface area contributed by atoms with Gasteiger partial charge in [-0.25, -0.2) is 0 Å². The molecule has 0 atom stereocenters. The smallest absolute Gasteiger partial charge is 0.118 e. The van der Waals surface area contributed by atoms with Crippen LogP contribution in [0.15, 0.2) is 36.9 Å². The minimum Gasteiger partial charge on any atom is -0.497 e. The topological polar surface area (TPSA) is 9.23 Å². The van der Waals surface area contributed by atoms with Crippen molar-refractivity contribution in [1.29, 1.82) is 0 Å². The van der Waals surface area contributed by atoms with Crippen molar-refractivity contribution in [2.45, 2.75) is 6.42 Å². The molecule has 0 fully saturated rings. The molecule has 1 aromatic carbocycles. The van der Waals surface area contributed by atoms with Crippen molar-refractivity contribution >= 4 is 0 Å². The fourth-order valence-corrected chi connectivity index (χ4v) is 0.879. The van der Waals surface area contributed by atoms with Crippen LogP contribution in [0, 0.1) is 0 Å². The summed E-state index contributed by atoms with van der Waals surface area (Å²) in [4.78, 5) is 0. The first-order valence-corrected chi connectivity index (χ1v) is 3.48. The Morgan fingerprint density at radius 1 is 1.55 bits per heavy atom. The summed E-state index contributed by atoms with van der Waals surface area (Å²) in [5, 5.41) is 0. The normalized spacial score (nSPS) is 11.4. The van der Waals surface area contributed by atoms with Gasteiger partial charge in [0.25, 0.3) is 0 Å². The van der Waals surface area contributed by atoms with Gasteiger partial charge in [0.2, 0.25) is 0 Å². The first-order valence-electron chi connectivity index (χ1n) is 4.48. The lowest BCUT2D eigenvalue weighted by Gasteiger charge is -1.99. The predicted octanol–water partition coefficient (Wildman–Crippen LogP) is 2.42. The third kappa shape index (κ3) is 2.11. The Hall–Kier alpha value is -1.24. The second-order valence-electron chi connectivity index (χ2n) is 2.26. The zero-order valence-corrected chi connectivity index (χ0v) is 6.50. The van der Waals surface area contributed by atoms with Crippen molar-refractivity contribution in [3.8, 4) is 5.75 Å². The molecule has 0 radical (unpaired) electrons. The zero-order valence-electron chi connectivity index (χ0n) is 8.50. The summed E-state index contributed by atoms with van der Waals surface area (Å²) in [5.74, 6) is 0.824. The van der Waals surface area contributed by atoms with Crippen molar-refractivity contribution in [3.63, 3.8) is 0 Å². The zero-order chi connectivity index (χ0) is 9.68. The Morgan fingerprint density at radius 3 is 2.82 bits per heavy atom. The van der Waals surface area contributed by atoms with Gasteiger partial charge in [0, 0.05) is 0 Å². The van der Waals surface area contributed by atoms with E-state index in [1.807, 2.05) is 24.3 Å². The van der Waals surface area contributed by atoms with Crippen molar-refractivity contribution in [3.05, 3.63) is 42.4 Å². The van der Waals surface area contributed by atoms with Crippen LogP contribution in [-0.2, 0) is 6.42 Å². The SMILES string of the molecule is [2H]C([2H])=CCc1ccc(OC)cc1. The number of methoxy groups -OCH3 is 1. The summed E-state index contributed by atoms with van der Waals surface area (Å²) in [5.41, 5.74) is 1.08. The quantitative estimate of drug-likeness (QED) is 0.601. The van der Waals surface area contributed by atoms with E-state index < -0.39 is 0 Å². The Morgan fingerprint density at radius 2 is 2.27 bits per heavy atom. The van der Waals surface area contributed by atoms with Crippen LogP contribution < -0.4 is 4.74 Å². The molecule has 0 aliphatic rings. The molecule has 0 spiro atoms. The van der Waals surface area contributed by atoms with E-state index in [2.05, 4.69) is 0 Å². The van der Waals surface area contributed by atoms with E-state index in [0.717, 1.165) is 11.3 Å². The minimum atomic E-state index is -0.143. The second kappa shape index (κ2) is 3.81. The van der Waals surface area contributed by atoms with Crippen LogP contribution in [-0.4, -0.2) is 7.11 Å². The van der Waals surface area contributed by atoms with Crippen molar-refractivity contribution in [2.24, 2.45) is 0 Å². The number of hydrogen-bond donors (Lipinski definition) is 0. The average Bonchev–Trinajstić information content (AvgIpc) is 2.15. The van der Waals surface area contributed by atoms with Crippen LogP contribution in [0.2, 0.25) is 0 Å².